The summed E-state index contributed by atoms with van der Waals surface area (Å²) in [5.41, 5.74) is 1.25. The number of hydrogen-bond donors (Lipinski definition) is 1. The van der Waals surface area contributed by atoms with Crippen LogP contribution in [0.3, 0.4) is 0 Å². The number of halogens is 3. The van der Waals surface area contributed by atoms with Gasteiger partial charge in [0.05, 0.1) is 0 Å². The molecular weight excluding hydrogens is 253 g/mol. The Morgan fingerprint density at radius 1 is 1.00 bits per heavy atom. The summed E-state index contributed by atoms with van der Waals surface area (Å²) in [7, 11) is 0. The lowest BCUT2D eigenvalue weighted by Gasteiger charge is -2.15. The summed E-state index contributed by atoms with van der Waals surface area (Å²) < 4.78 is 38.4. The minimum Gasteiger partial charge on any atom is -0.384 e. The van der Waals surface area contributed by atoms with Crippen LogP contribution >= 0.6 is 0 Å². The van der Waals surface area contributed by atoms with Gasteiger partial charge in [0.2, 0.25) is 0 Å². The van der Waals surface area contributed by atoms with E-state index in [1.165, 1.54) is 30.3 Å². The van der Waals surface area contributed by atoms with Crippen molar-refractivity contribution < 1.29 is 18.3 Å². The zero-order valence-electron chi connectivity index (χ0n) is 10.3. The van der Waals surface area contributed by atoms with Gasteiger partial charge in [0, 0.05) is 5.56 Å². The minimum absolute atomic E-state index is 0.161. The highest BCUT2D eigenvalue weighted by molar-refractivity contribution is 5.37. The predicted molar refractivity (Wildman–Crippen MR) is 66.6 cm³/mol. The van der Waals surface area contributed by atoms with Gasteiger partial charge < -0.3 is 5.11 Å². The number of aliphatic hydroxyl groups excluding tert-OH is 1. The lowest BCUT2D eigenvalue weighted by molar-refractivity contribution is 0.150. The van der Waals surface area contributed by atoms with Gasteiger partial charge in [0.15, 0.2) is 0 Å². The van der Waals surface area contributed by atoms with Gasteiger partial charge in [-0.05, 0) is 41.8 Å². The minimum atomic E-state index is -2.60. The maximum Gasteiger partial charge on any atom is 0.263 e. The second-order valence-corrected chi connectivity index (χ2v) is 4.37. The monoisotopic (exact) mass is 266 g/mol. The average Bonchev–Trinajstić information content (AvgIpc) is 2.41. The van der Waals surface area contributed by atoms with E-state index in [0.29, 0.717) is 16.7 Å². The molecule has 0 heterocycles. The highest BCUT2D eigenvalue weighted by Crippen LogP contribution is 2.28. The largest absolute Gasteiger partial charge is 0.384 e. The van der Waals surface area contributed by atoms with Crippen LogP contribution in [0, 0.1) is 12.7 Å². The summed E-state index contributed by atoms with van der Waals surface area (Å²) in [5, 5.41) is 10.2. The molecule has 100 valence electrons. The first-order valence-electron chi connectivity index (χ1n) is 5.81. The van der Waals surface area contributed by atoms with Crippen LogP contribution in [0.25, 0.3) is 0 Å². The first-order valence-corrected chi connectivity index (χ1v) is 5.81. The standard InChI is InChI=1S/C15H13F3O/c1-9-5-6-12(16)8-13(9)14(19)10-3-2-4-11(7-10)15(17)18/h2-8,14-15,19H,1H3. The van der Waals surface area contributed by atoms with Gasteiger partial charge in [-0.2, -0.15) is 0 Å². The summed E-state index contributed by atoms with van der Waals surface area (Å²) in [5.74, 6) is -0.468. The van der Waals surface area contributed by atoms with Crippen LogP contribution in [-0.2, 0) is 0 Å². The lowest BCUT2D eigenvalue weighted by Crippen LogP contribution is -2.03. The third kappa shape index (κ3) is 2.96. The third-order valence-corrected chi connectivity index (χ3v) is 3.01. The van der Waals surface area contributed by atoms with Crippen molar-refractivity contribution >= 4 is 0 Å². The molecule has 0 amide bonds. The molecule has 1 N–H and O–H groups in total. The summed E-state index contributed by atoms with van der Waals surface area (Å²) >= 11 is 0. The summed E-state index contributed by atoms with van der Waals surface area (Å²) in [6.45, 7) is 1.73. The van der Waals surface area contributed by atoms with E-state index in [1.807, 2.05) is 0 Å². The summed E-state index contributed by atoms with van der Waals surface area (Å²) in [6.07, 6.45) is -3.71. The van der Waals surface area contributed by atoms with Crippen molar-refractivity contribution in [2.24, 2.45) is 0 Å². The lowest BCUT2D eigenvalue weighted by atomic mass is 9.96. The third-order valence-electron chi connectivity index (χ3n) is 3.01. The van der Waals surface area contributed by atoms with Crippen LogP contribution in [-0.4, -0.2) is 5.11 Å². The van der Waals surface area contributed by atoms with E-state index in [-0.39, 0.29) is 5.56 Å². The van der Waals surface area contributed by atoms with E-state index in [0.717, 1.165) is 0 Å². The Bertz CT molecular complexity index is 581. The molecule has 1 nitrogen and oxygen atoms in total. The number of aliphatic hydroxyl groups is 1. The molecule has 0 bridgehead atoms. The molecule has 19 heavy (non-hydrogen) atoms. The first-order chi connectivity index (χ1) is 8.99. The van der Waals surface area contributed by atoms with E-state index in [2.05, 4.69) is 0 Å². The van der Waals surface area contributed by atoms with Crippen LogP contribution in [0.15, 0.2) is 42.5 Å². The van der Waals surface area contributed by atoms with E-state index in [9.17, 15) is 18.3 Å². The number of hydrogen-bond acceptors (Lipinski definition) is 1. The molecule has 0 saturated carbocycles. The smallest absolute Gasteiger partial charge is 0.263 e. The molecule has 0 spiro atoms. The number of benzene rings is 2. The quantitative estimate of drug-likeness (QED) is 0.884. The Labute approximate surface area is 109 Å². The van der Waals surface area contributed by atoms with Crippen molar-refractivity contribution in [2.45, 2.75) is 19.5 Å². The highest BCUT2D eigenvalue weighted by atomic mass is 19.3. The van der Waals surface area contributed by atoms with Crippen molar-refractivity contribution in [3.05, 3.63) is 70.5 Å². The van der Waals surface area contributed by atoms with Crippen LogP contribution in [0.2, 0.25) is 0 Å². The van der Waals surface area contributed by atoms with Crippen LogP contribution < -0.4 is 0 Å². The van der Waals surface area contributed by atoms with Crippen LogP contribution in [0.4, 0.5) is 13.2 Å². The fraction of sp³-hybridized carbons (Fsp3) is 0.200. The zero-order chi connectivity index (χ0) is 14.0. The van der Waals surface area contributed by atoms with Gasteiger partial charge in [0.25, 0.3) is 6.43 Å². The van der Waals surface area contributed by atoms with Gasteiger partial charge in [-0.15, -0.1) is 0 Å². The first kappa shape index (κ1) is 13.6. The maximum atomic E-state index is 13.2. The Morgan fingerprint density at radius 3 is 2.37 bits per heavy atom. The molecule has 0 aliphatic rings. The molecule has 1 unspecified atom stereocenters. The normalized spacial score (nSPS) is 12.7. The summed E-state index contributed by atoms with van der Waals surface area (Å²) in [4.78, 5) is 0. The van der Waals surface area contributed by atoms with Gasteiger partial charge >= 0.3 is 0 Å². The fourth-order valence-electron chi connectivity index (χ4n) is 1.95. The Balaban J connectivity index is 2.41. The predicted octanol–water partition coefficient (Wildman–Crippen LogP) is 4.15. The molecule has 0 saturated heterocycles. The molecular formula is C15H13F3O. The second kappa shape index (κ2) is 5.45. The zero-order valence-corrected chi connectivity index (χ0v) is 10.3. The Kier molecular flexibility index (Phi) is 3.90. The maximum absolute atomic E-state index is 13.2. The van der Waals surface area contributed by atoms with Crippen molar-refractivity contribution in [3.8, 4) is 0 Å². The average molecular weight is 266 g/mol. The molecule has 0 aliphatic heterocycles. The SMILES string of the molecule is Cc1ccc(F)cc1C(O)c1cccc(C(F)F)c1. The van der Waals surface area contributed by atoms with E-state index >= 15 is 0 Å². The molecule has 0 aromatic heterocycles. The Morgan fingerprint density at radius 2 is 1.68 bits per heavy atom. The molecule has 2 rings (SSSR count). The van der Waals surface area contributed by atoms with Gasteiger partial charge in [-0.25, -0.2) is 13.2 Å². The number of aryl methyl sites for hydroxylation is 1. The second-order valence-electron chi connectivity index (χ2n) is 4.37. The van der Waals surface area contributed by atoms with Crippen molar-refractivity contribution in [3.63, 3.8) is 0 Å². The fourth-order valence-corrected chi connectivity index (χ4v) is 1.95. The molecule has 2 aromatic rings. The molecule has 1 atom stereocenters. The topological polar surface area (TPSA) is 20.2 Å². The number of rotatable bonds is 3. The summed E-state index contributed by atoms with van der Waals surface area (Å²) in [6, 6.07) is 9.58. The van der Waals surface area contributed by atoms with Gasteiger partial charge in [0.1, 0.15) is 11.9 Å². The number of alkyl halides is 2. The van der Waals surface area contributed by atoms with Gasteiger partial charge in [-0.3, -0.25) is 0 Å². The van der Waals surface area contributed by atoms with E-state index in [4.69, 9.17) is 0 Å². The van der Waals surface area contributed by atoms with E-state index in [1.54, 1.807) is 19.1 Å². The molecule has 0 aliphatic carbocycles. The van der Waals surface area contributed by atoms with E-state index < -0.39 is 18.3 Å². The molecule has 0 radical (unpaired) electrons. The highest BCUT2D eigenvalue weighted by Gasteiger charge is 2.16. The van der Waals surface area contributed by atoms with Crippen LogP contribution in [0.5, 0.6) is 0 Å². The molecule has 4 heteroatoms. The van der Waals surface area contributed by atoms with Crippen LogP contribution in [0.1, 0.15) is 34.8 Å². The molecule has 0 fully saturated rings. The Hall–Kier alpha value is -1.81. The van der Waals surface area contributed by atoms with Crippen molar-refractivity contribution in [1.82, 2.24) is 0 Å². The van der Waals surface area contributed by atoms with Crippen molar-refractivity contribution in [1.29, 1.82) is 0 Å². The molecule has 2 aromatic carbocycles. The van der Waals surface area contributed by atoms with Crippen molar-refractivity contribution in [2.75, 3.05) is 0 Å². The van der Waals surface area contributed by atoms with Gasteiger partial charge in [-0.1, -0.05) is 24.3 Å².